The van der Waals surface area contributed by atoms with Crippen molar-refractivity contribution in [2.75, 3.05) is 18.0 Å². The summed E-state index contributed by atoms with van der Waals surface area (Å²) in [6.07, 6.45) is 3.22. The molecule has 0 spiro atoms. The number of carbonyl (C=O) groups excluding carboxylic acids is 4. The molecule has 1 N–H and O–H groups in total. The van der Waals surface area contributed by atoms with E-state index in [1.165, 1.54) is 28.7 Å². The van der Waals surface area contributed by atoms with Gasteiger partial charge in [0.2, 0.25) is 11.8 Å². The largest absolute Gasteiger partial charge is 0.508 e. The van der Waals surface area contributed by atoms with Crippen LogP contribution in [0.3, 0.4) is 0 Å². The first-order chi connectivity index (χ1) is 25.5. The zero-order valence-electron chi connectivity index (χ0n) is 28.6. The molecule has 2 aliphatic carbocycles. The van der Waals surface area contributed by atoms with E-state index in [9.17, 15) is 28.7 Å². The molecule has 4 amide bonds. The van der Waals surface area contributed by atoms with Crippen molar-refractivity contribution in [1.29, 1.82) is 0 Å². The number of amides is 4. The van der Waals surface area contributed by atoms with Crippen LogP contribution in [-0.2, 0) is 25.7 Å². The molecule has 4 fully saturated rings. The van der Waals surface area contributed by atoms with E-state index in [2.05, 4.69) is 17.0 Å². The van der Waals surface area contributed by atoms with Gasteiger partial charge >= 0.3 is 0 Å². The summed E-state index contributed by atoms with van der Waals surface area (Å²) in [5.41, 5.74) is 2.23. The number of likely N-dealkylation sites (tertiary alicyclic amines) is 2. The van der Waals surface area contributed by atoms with Gasteiger partial charge in [-0.15, -0.1) is 23.2 Å². The number of aromatic hydroxyl groups is 1. The van der Waals surface area contributed by atoms with Crippen LogP contribution in [0.15, 0.2) is 103 Å². The molecule has 6 unspecified atom stereocenters. The molecule has 9 rings (SSSR count). The van der Waals surface area contributed by atoms with Gasteiger partial charge < -0.3 is 5.11 Å². The Balaban J connectivity index is 1.12. The molecular weight excluding hydrogens is 716 g/mol. The van der Waals surface area contributed by atoms with Crippen molar-refractivity contribution in [3.05, 3.63) is 120 Å². The van der Waals surface area contributed by atoms with Crippen LogP contribution in [0.4, 0.5) is 10.1 Å². The first-order valence-electron chi connectivity index (χ1n) is 18.1. The quantitative estimate of drug-likeness (QED) is 0.135. The maximum absolute atomic E-state index is 14.8. The van der Waals surface area contributed by atoms with Crippen molar-refractivity contribution in [3.63, 3.8) is 0 Å². The number of hydrogen-bond donors (Lipinski definition) is 1. The molecule has 0 radical (unpaired) electrons. The predicted molar refractivity (Wildman–Crippen MR) is 199 cm³/mol. The Hall–Kier alpha value is -4.57. The number of benzene rings is 4. The molecule has 0 bridgehead atoms. The third-order valence-corrected chi connectivity index (χ3v) is 13.8. The molecule has 53 heavy (non-hydrogen) atoms. The molecule has 5 aliphatic rings. The van der Waals surface area contributed by atoms with Gasteiger partial charge in [-0.2, -0.15) is 0 Å². The molecule has 4 aromatic carbocycles. The lowest BCUT2D eigenvalue weighted by Gasteiger charge is -2.51. The number of phenols is 1. The Kier molecular flexibility index (Phi) is 8.07. The van der Waals surface area contributed by atoms with E-state index in [1.54, 1.807) is 12.1 Å². The number of fused-ring (bicyclic) bond motifs is 5. The highest BCUT2D eigenvalue weighted by Gasteiger charge is 2.77. The highest BCUT2D eigenvalue weighted by atomic mass is 35.5. The van der Waals surface area contributed by atoms with Crippen LogP contribution in [0.25, 0.3) is 10.8 Å². The SMILES string of the molecule is O=C1C2CC=C3C(CC4(Cl)C(=O)N(c5ccc(F)cc5)C(=O)C4(Cl)C3c3c(O)ccc4ccccc34)C2C(=O)N1C1CCN(Cc2ccccc2)CC1. The van der Waals surface area contributed by atoms with Crippen LogP contribution in [0.5, 0.6) is 5.75 Å². The summed E-state index contributed by atoms with van der Waals surface area (Å²) in [4.78, 5) is 58.8. The molecule has 270 valence electrons. The average molecular weight is 753 g/mol. The smallest absolute Gasteiger partial charge is 0.258 e. The highest BCUT2D eigenvalue weighted by molar-refractivity contribution is 6.58. The standard InChI is InChI=1S/C42H36Cl2FN3O5/c43-41-22-32-30(15-16-31-34(32)38(51)47(37(31)50)28-18-20-46(21-19-28)23-24-6-2-1-3-7-24)36(35-29-9-5-4-8-25(29)10-17-33(35)49)42(41,44)40(53)48(39(41)52)27-13-11-26(45)12-14-27/h1-15,17,28,31-32,34,36,49H,16,18-23H2. The lowest BCUT2D eigenvalue weighted by molar-refractivity contribution is -0.144. The molecule has 0 aromatic heterocycles. The number of imide groups is 2. The summed E-state index contributed by atoms with van der Waals surface area (Å²) in [6, 6.07) is 25.5. The van der Waals surface area contributed by atoms with E-state index in [0.29, 0.717) is 29.4 Å². The molecule has 4 aromatic rings. The highest BCUT2D eigenvalue weighted by Crippen LogP contribution is 2.67. The maximum Gasteiger partial charge on any atom is 0.258 e. The van der Waals surface area contributed by atoms with Crippen LogP contribution >= 0.6 is 23.2 Å². The van der Waals surface area contributed by atoms with Crippen molar-refractivity contribution in [1.82, 2.24) is 9.80 Å². The van der Waals surface area contributed by atoms with Gasteiger partial charge in [0.25, 0.3) is 11.8 Å². The van der Waals surface area contributed by atoms with Gasteiger partial charge in [0.15, 0.2) is 9.75 Å². The predicted octanol–water partition coefficient (Wildman–Crippen LogP) is 6.91. The molecule has 8 nitrogen and oxygen atoms in total. The van der Waals surface area contributed by atoms with E-state index < -0.39 is 51.1 Å². The molecule has 3 saturated heterocycles. The second kappa shape index (κ2) is 12.5. The van der Waals surface area contributed by atoms with E-state index in [4.69, 9.17) is 23.2 Å². The molecule has 11 heteroatoms. The number of hydrogen-bond acceptors (Lipinski definition) is 6. The number of nitrogens with zero attached hydrogens (tertiary/aromatic N) is 3. The van der Waals surface area contributed by atoms with Crippen molar-refractivity contribution in [2.24, 2.45) is 17.8 Å². The maximum atomic E-state index is 14.8. The molecular formula is C42H36Cl2FN3O5. The van der Waals surface area contributed by atoms with Crippen LogP contribution in [-0.4, -0.2) is 67.4 Å². The molecule has 6 atom stereocenters. The van der Waals surface area contributed by atoms with Gasteiger partial charge in [0, 0.05) is 37.2 Å². The Morgan fingerprint density at radius 3 is 2.23 bits per heavy atom. The topological polar surface area (TPSA) is 98.2 Å². The first kappa shape index (κ1) is 34.2. The second-order valence-corrected chi connectivity index (χ2v) is 16.3. The monoisotopic (exact) mass is 751 g/mol. The van der Waals surface area contributed by atoms with Crippen LogP contribution in [0.1, 0.15) is 42.7 Å². The molecule has 1 saturated carbocycles. The van der Waals surface area contributed by atoms with E-state index in [0.717, 1.165) is 42.1 Å². The number of allylic oxidation sites excluding steroid dienone is 2. The van der Waals surface area contributed by atoms with Crippen LogP contribution in [0, 0.1) is 23.6 Å². The van der Waals surface area contributed by atoms with Crippen molar-refractivity contribution in [3.8, 4) is 5.75 Å². The van der Waals surface area contributed by atoms with Gasteiger partial charge in [-0.25, -0.2) is 9.29 Å². The fraction of sp³-hybridized carbons (Fsp3) is 0.333. The Morgan fingerprint density at radius 2 is 1.49 bits per heavy atom. The Labute approximate surface area is 315 Å². The number of alkyl halides is 2. The van der Waals surface area contributed by atoms with Crippen molar-refractivity contribution in [2.45, 2.75) is 53.9 Å². The van der Waals surface area contributed by atoms with Crippen molar-refractivity contribution < 1.29 is 28.7 Å². The summed E-state index contributed by atoms with van der Waals surface area (Å²) < 4.78 is 14.0. The van der Waals surface area contributed by atoms with Crippen molar-refractivity contribution >= 4 is 63.3 Å². The van der Waals surface area contributed by atoms with E-state index in [-0.39, 0.29) is 42.1 Å². The number of halogens is 3. The number of rotatable bonds is 5. The Morgan fingerprint density at radius 1 is 0.792 bits per heavy atom. The number of anilines is 1. The number of phenolic OH excluding ortho intramolecular Hbond substituents is 1. The van der Waals surface area contributed by atoms with Crippen LogP contribution in [0.2, 0.25) is 0 Å². The summed E-state index contributed by atoms with van der Waals surface area (Å²) in [5.74, 6) is -6.19. The van der Waals surface area contributed by atoms with Gasteiger partial charge in [0.05, 0.1) is 17.5 Å². The zero-order chi connectivity index (χ0) is 36.8. The first-order valence-corrected chi connectivity index (χ1v) is 18.8. The fourth-order valence-corrected chi connectivity index (χ4v) is 10.8. The fourth-order valence-electron chi connectivity index (χ4n) is 9.86. The zero-order valence-corrected chi connectivity index (χ0v) is 30.1. The summed E-state index contributed by atoms with van der Waals surface area (Å²) in [7, 11) is 0. The average Bonchev–Trinajstić information content (AvgIpc) is 3.50. The molecule has 3 aliphatic heterocycles. The van der Waals surface area contributed by atoms with Crippen LogP contribution < -0.4 is 4.90 Å². The van der Waals surface area contributed by atoms with E-state index in [1.807, 2.05) is 42.5 Å². The van der Waals surface area contributed by atoms with Gasteiger partial charge in [-0.05, 0) is 78.3 Å². The minimum atomic E-state index is -2.15. The lowest BCUT2D eigenvalue weighted by Crippen LogP contribution is -2.60. The second-order valence-electron chi connectivity index (χ2n) is 15.0. The van der Waals surface area contributed by atoms with E-state index >= 15 is 0 Å². The summed E-state index contributed by atoms with van der Waals surface area (Å²) in [6.45, 7) is 2.26. The van der Waals surface area contributed by atoms with Gasteiger partial charge in [-0.3, -0.25) is 29.0 Å². The number of carbonyl (C=O) groups is 4. The normalized spacial score (nSPS) is 30.4. The lowest BCUT2D eigenvalue weighted by atomic mass is 9.56. The summed E-state index contributed by atoms with van der Waals surface area (Å²) >= 11 is 15.1. The third-order valence-electron chi connectivity index (χ3n) is 12.3. The Bertz CT molecular complexity index is 2220. The minimum absolute atomic E-state index is 0.100. The summed E-state index contributed by atoms with van der Waals surface area (Å²) in [5, 5.41) is 13.0. The minimum Gasteiger partial charge on any atom is -0.508 e. The molecule has 3 heterocycles. The van der Waals surface area contributed by atoms with Gasteiger partial charge in [0.1, 0.15) is 11.6 Å². The van der Waals surface area contributed by atoms with Gasteiger partial charge in [-0.1, -0.05) is 72.3 Å². The number of piperidine rings is 1. The third kappa shape index (κ3) is 4.96.